The summed E-state index contributed by atoms with van der Waals surface area (Å²) in [6, 6.07) is 0. The fourth-order valence-corrected chi connectivity index (χ4v) is 2.18. The summed E-state index contributed by atoms with van der Waals surface area (Å²) in [5, 5.41) is 0. The standard InChI is InChI=1S/C11H17N5O2/c12-10-14-8(15-11(13)16-10)6-18-9(17)5-7-3-1-2-4-7/h7H,1-6H2,(H4,12,13,14,15,16). The lowest BCUT2D eigenvalue weighted by Gasteiger charge is -2.08. The second kappa shape index (κ2) is 5.61. The van der Waals surface area contributed by atoms with Crippen LogP contribution in [0.15, 0.2) is 0 Å². The van der Waals surface area contributed by atoms with Gasteiger partial charge in [0.2, 0.25) is 11.9 Å². The van der Waals surface area contributed by atoms with E-state index in [9.17, 15) is 4.79 Å². The van der Waals surface area contributed by atoms with E-state index in [0.29, 0.717) is 12.3 Å². The molecule has 1 aromatic heterocycles. The molecule has 0 aliphatic heterocycles. The Balaban J connectivity index is 1.81. The summed E-state index contributed by atoms with van der Waals surface area (Å²) in [5.74, 6) is 0.582. The van der Waals surface area contributed by atoms with Crippen LogP contribution in [0.3, 0.4) is 0 Å². The summed E-state index contributed by atoms with van der Waals surface area (Å²) < 4.78 is 5.10. The van der Waals surface area contributed by atoms with E-state index in [1.54, 1.807) is 0 Å². The maximum Gasteiger partial charge on any atom is 0.306 e. The van der Waals surface area contributed by atoms with Crippen molar-refractivity contribution in [2.24, 2.45) is 5.92 Å². The van der Waals surface area contributed by atoms with Gasteiger partial charge in [-0.3, -0.25) is 4.79 Å². The van der Waals surface area contributed by atoms with Crippen LogP contribution < -0.4 is 11.5 Å². The first-order valence-corrected chi connectivity index (χ1v) is 6.05. The zero-order valence-electron chi connectivity index (χ0n) is 10.1. The molecule has 0 amide bonds. The Labute approximate surface area is 105 Å². The first-order chi connectivity index (χ1) is 8.63. The van der Waals surface area contributed by atoms with Crippen LogP contribution >= 0.6 is 0 Å². The predicted octanol–water partition coefficient (Wildman–Crippen LogP) is 0.659. The number of nitrogen functional groups attached to an aromatic ring is 2. The average Bonchev–Trinajstić information content (AvgIpc) is 2.78. The molecule has 0 aromatic carbocycles. The van der Waals surface area contributed by atoms with Gasteiger partial charge in [-0.05, 0) is 18.8 Å². The van der Waals surface area contributed by atoms with Crippen molar-refractivity contribution in [1.29, 1.82) is 0 Å². The molecule has 7 nitrogen and oxygen atoms in total. The molecular weight excluding hydrogens is 234 g/mol. The number of nitrogens with two attached hydrogens (primary N) is 2. The number of hydrogen-bond acceptors (Lipinski definition) is 7. The van der Waals surface area contributed by atoms with Crippen molar-refractivity contribution >= 4 is 17.9 Å². The molecular formula is C11H17N5O2. The van der Waals surface area contributed by atoms with E-state index in [1.807, 2.05) is 0 Å². The van der Waals surface area contributed by atoms with Crippen LogP contribution in [0, 0.1) is 5.92 Å². The molecule has 1 aliphatic rings. The summed E-state index contributed by atoms with van der Waals surface area (Å²) in [6.07, 6.45) is 5.11. The van der Waals surface area contributed by atoms with Gasteiger partial charge in [-0.25, -0.2) is 0 Å². The molecule has 4 N–H and O–H groups in total. The van der Waals surface area contributed by atoms with Crippen LogP contribution in [0.2, 0.25) is 0 Å². The highest BCUT2D eigenvalue weighted by Crippen LogP contribution is 2.27. The maximum atomic E-state index is 11.6. The summed E-state index contributed by atoms with van der Waals surface area (Å²) in [7, 11) is 0. The monoisotopic (exact) mass is 251 g/mol. The summed E-state index contributed by atoms with van der Waals surface area (Å²) in [5.41, 5.74) is 10.8. The van der Waals surface area contributed by atoms with Gasteiger partial charge in [0, 0.05) is 6.42 Å². The summed E-state index contributed by atoms with van der Waals surface area (Å²) in [4.78, 5) is 22.9. The normalized spacial score (nSPS) is 15.8. The van der Waals surface area contributed by atoms with E-state index in [-0.39, 0.29) is 30.3 Å². The molecule has 1 fully saturated rings. The maximum absolute atomic E-state index is 11.6. The highest BCUT2D eigenvalue weighted by atomic mass is 16.5. The van der Waals surface area contributed by atoms with Crippen LogP contribution in [0.25, 0.3) is 0 Å². The number of hydrogen-bond donors (Lipinski definition) is 2. The highest BCUT2D eigenvalue weighted by Gasteiger charge is 2.19. The SMILES string of the molecule is Nc1nc(N)nc(COC(=O)CC2CCCC2)n1. The van der Waals surface area contributed by atoms with Crippen molar-refractivity contribution in [2.45, 2.75) is 38.7 Å². The Hall–Kier alpha value is -1.92. The highest BCUT2D eigenvalue weighted by molar-refractivity contribution is 5.69. The topological polar surface area (TPSA) is 117 Å². The van der Waals surface area contributed by atoms with Gasteiger partial charge in [-0.2, -0.15) is 15.0 Å². The molecule has 0 atom stereocenters. The van der Waals surface area contributed by atoms with Crippen LogP contribution in [0.1, 0.15) is 37.9 Å². The Morgan fingerprint density at radius 2 is 1.78 bits per heavy atom. The molecule has 0 unspecified atom stereocenters. The van der Waals surface area contributed by atoms with Gasteiger partial charge < -0.3 is 16.2 Å². The predicted molar refractivity (Wildman–Crippen MR) is 65.0 cm³/mol. The van der Waals surface area contributed by atoms with E-state index in [4.69, 9.17) is 16.2 Å². The quantitative estimate of drug-likeness (QED) is 0.755. The number of nitrogens with zero attached hydrogens (tertiary/aromatic N) is 3. The van der Waals surface area contributed by atoms with Crippen molar-refractivity contribution in [3.8, 4) is 0 Å². The van der Waals surface area contributed by atoms with Gasteiger partial charge in [0.1, 0.15) is 0 Å². The molecule has 0 radical (unpaired) electrons. The van der Waals surface area contributed by atoms with E-state index in [1.165, 1.54) is 12.8 Å². The minimum atomic E-state index is -0.223. The molecule has 1 aliphatic carbocycles. The molecule has 0 spiro atoms. The third kappa shape index (κ3) is 3.54. The lowest BCUT2D eigenvalue weighted by molar-refractivity contribution is -0.146. The van der Waals surface area contributed by atoms with Gasteiger partial charge >= 0.3 is 5.97 Å². The lowest BCUT2D eigenvalue weighted by atomic mass is 10.1. The first-order valence-electron chi connectivity index (χ1n) is 6.05. The smallest absolute Gasteiger partial charge is 0.306 e. The van der Waals surface area contributed by atoms with Gasteiger partial charge in [0.05, 0.1) is 0 Å². The molecule has 1 saturated carbocycles. The van der Waals surface area contributed by atoms with Gasteiger partial charge in [0.15, 0.2) is 12.4 Å². The average molecular weight is 251 g/mol. The van der Waals surface area contributed by atoms with Crippen LogP contribution in [0.5, 0.6) is 0 Å². The van der Waals surface area contributed by atoms with Crippen molar-refractivity contribution < 1.29 is 9.53 Å². The Morgan fingerprint density at radius 1 is 1.17 bits per heavy atom. The molecule has 1 heterocycles. The Bertz CT molecular complexity index is 411. The second-order valence-electron chi connectivity index (χ2n) is 4.48. The van der Waals surface area contributed by atoms with Gasteiger partial charge in [0.25, 0.3) is 0 Å². The molecule has 0 bridgehead atoms. The minimum absolute atomic E-state index is 0.0114. The van der Waals surface area contributed by atoms with Crippen molar-refractivity contribution in [3.63, 3.8) is 0 Å². The third-order valence-electron chi connectivity index (χ3n) is 3.01. The van der Waals surface area contributed by atoms with Crippen LogP contribution in [0.4, 0.5) is 11.9 Å². The zero-order chi connectivity index (χ0) is 13.0. The van der Waals surface area contributed by atoms with E-state index in [2.05, 4.69) is 15.0 Å². The molecule has 98 valence electrons. The van der Waals surface area contributed by atoms with Gasteiger partial charge in [-0.15, -0.1) is 0 Å². The number of anilines is 2. The van der Waals surface area contributed by atoms with Gasteiger partial charge in [-0.1, -0.05) is 12.8 Å². The van der Waals surface area contributed by atoms with Crippen LogP contribution in [-0.2, 0) is 16.1 Å². The number of ether oxygens (including phenoxy) is 1. The van der Waals surface area contributed by atoms with Crippen LogP contribution in [-0.4, -0.2) is 20.9 Å². The van der Waals surface area contributed by atoms with Crippen molar-refractivity contribution in [1.82, 2.24) is 15.0 Å². The molecule has 1 aromatic rings. The van der Waals surface area contributed by atoms with E-state index in [0.717, 1.165) is 12.8 Å². The third-order valence-corrected chi connectivity index (χ3v) is 3.01. The molecule has 0 saturated heterocycles. The second-order valence-corrected chi connectivity index (χ2v) is 4.48. The number of aromatic nitrogens is 3. The van der Waals surface area contributed by atoms with E-state index < -0.39 is 0 Å². The van der Waals surface area contributed by atoms with Crippen molar-refractivity contribution in [3.05, 3.63) is 5.82 Å². The first kappa shape index (κ1) is 12.5. The summed E-state index contributed by atoms with van der Waals surface area (Å²) in [6.45, 7) is -0.0114. The molecule has 2 rings (SSSR count). The fraction of sp³-hybridized carbons (Fsp3) is 0.636. The Kier molecular flexibility index (Phi) is 3.91. The number of esters is 1. The lowest BCUT2D eigenvalue weighted by Crippen LogP contribution is -2.12. The minimum Gasteiger partial charge on any atom is -0.457 e. The fourth-order valence-electron chi connectivity index (χ4n) is 2.18. The number of carbonyl (C=O) groups excluding carboxylic acids is 1. The van der Waals surface area contributed by atoms with E-state index >= 15 is 0 Å². The largest absolute Gasteiger partial charge is 0.457 e. The Morgan fingerprint density at radius 3 is 2.39 bits per heavy atom. The van der Waals surface area contributed by atoms with Crippen molar-refractivity contribution in [2.75, 3.05) is 11.5 Å². The number of carbonyl (C=O) groups is 1. The molecule has 18 heavy (non-hydrogen) atoms. The number of rotatable bonds is 4. The summed E-state index contributed by atoms with van der Waals surface area (Å²) >= 11 is 0. The zero-order valence-corrected chi connectivity index (χ0v) is 10.1. The molecule has 7 heteroatoms.